The highest BCUT2D eigenvalue weighted by molar-refractivity contribution is 9.09. The fourth-order valence-electron chi connectivity index (χ4n) is 3.19. The second-order valence-electron chi connectivity index (χ2n) is 6.81. The van der Waals surface area contributed by atoms with E-state index in [2.05, 4.69) is 20.3 Å². The van der Waals surface area contributed by atoms with Crippen molar-refractivity contribution in [2.24, 2.45) is 7.05 Å². The molecule has 1 aliphatic heterocycles. The molecule has 1 fully saturated rings. The van der Waals surface area contributed by atoms with Gasteiger partial charge in [-0.1, -0.05) is 22.9 Å². The fraction of sp³-hybridized carbons (Fsp3) is 0.389. The van der Waals surface area contributed by atoms with E-state index in [1.54, 1.807) is 6.07 Å². The predicted molar refractivity (Wildman–Crippen MR) is 107 cm³/mol. The van der Waals surface area contributed by atoms with Crippen LogP contribution in [0.4, 0.5) is 13.2 Å². The normalized spacial score (nSPS) is 20.7. The molecule has 30 heavy (non-hydrogen) atoms. The van der Waals surface area contributed by atoms with Gasteiger partial charge in [0.1, 0.15) is 11.4 Å². The standard InChI is InChI=1S/C18H15BrF3N3O4S/c1-8(19)11-7-28-16(29-11)15-10-5-9(3-4-12(10)30-23-15)25-14(26)6-13(18(20,21)22)24(2)17(25)27/h3-6,8,11,16H,7H2,1-2H3. The van der Waals surface area contributed by atoms with Crippen molar-refractivity contribution in [3.05, 3.63) is 56.5 Å². The van der Waals surface area contributed by atoms with Crippen molar-refractivity contribution in [3.63, 3.8) is 0 Å². The topological polar surface area (TPSA) is 75.4 Å². The van der Waals surface area contributed by atoms with E-state index in [-0.39, 0.29) is 16.6 Å². The number of benzene rings is 1. The Balaban J connectivity index is 1.81. The molecule has 0 N–H and O–H groups in total. The van der Waals surface area contributed by atoms with Crippen LogP contribution >= 0.6 is 27.5 Å². The Bertz CT molecular complexity index is 1230. The number of nitrogens with zero attached hydrogens (tertiary/aromatic N) is 3. The van der Waals surface area contributed by atoms with Crippen molar-refractivity contribution in [1.82, 2.24) is 13.5 Å². The van der Waals surface area contributed by atoms with Gasteiger partial charge in [0.15, 0.2) is 0 Å². The molecule has 0 radical (unpaired) electrons. The summed E-state index contributed by atoms with van der Waals surface area (Å²) in [6.45, 7) is 2.30. The number of fused-ring (bicyclic) bond motifs is 1. The van der Waals surface area contributed by atoms with Crippen LogP contribution in [0.2, 0.25) is 0 Å². The van der Waals surface area contributed by atoms with E-state index in [9.17, 15) is 22.8 Å². The SMILES string of the molecule is CC(Br)C1COC(c2nsc3ccc(-n4c(=O)cc(C(F)(F)F)n(C)c4=O)cc23)O1. The van der Waals surface area contributed by atoms with Crippen molar-refractivity contribution in [3.8, 4) is 5.69 Å². The third kappa shape index (κ3) is 3.61. The molecule has 2 aromatic heterocycles. The molecule has 0 spiro atoms. The molecule has 0 amide bonds. The third-order valence-corrected chi connectivity index (χ3v) is 6.23. The zero-order valence-electron chi connectivity index (χ0n) is 15.6. The quantitative estimate of drug-likeness (QED) is 0.510. The molecule has 0 bridgehead atoms. The molecule has 3 unspecified atom stereocenters. The largest absolute Gasteiger partial charge is 0.431 e. The first-order chi connectivity index (χ1) is 14.1. The van der Waals surface area contributed by atoms with Gasteiger partial charge in [0, 0.05) is 23.3 Å². The van der Waals surface area contributed by atoms with Crippen molar-refractivity contribution >= 4 is 37.5 Å². The first-order valence-electron chi connectivity index (χ1n) is 8.79. The predicted octanol–water partition coefficient (Wildman–Crippen LogP) is 3.36. The van der Waals surface area contributed by atoms with E-state index in [0.717, 1.165) is 11.7 Å². The molecule has 1 saturated heterocycles. The minimum absolute atomic E-state index is 0.0664. The van der Waals surface area contributed by atoms with Crippen LogP contribution in [-0.4, -0.2) is 31.0 Å². The lowest BCUT2D eigenvalue weighted by atomic mass is 10.2. The first kappa shape index (κ1) is 21.2. The van der Waals surface area contributed by atoms with Crippen molar-refractivity contribution in [1.29, 1.82) is 0 Å². The smallest absolute Gasteiger partial charge is 0.344 e. The van der Waals surface area contributed by atoms with Crippen LogP contribution in [0.15, 0.2) is 33.9 Å². The monoisotopic (exact) mass is 505 g/mol. The van der Waals surface area contributed by atoms with Gasteiger partial charge in [0.2, 0.25) is 6.29 Å². The van der Waals surface area contributed by atoms with Gasteiger partial charge in [0.05, 0.1) is 23.1 Å². The number of hydrogen-bond donors (Lipinski definition) is 0. The van der Waals surface area contributed by atoms with Gasteiger partial charge in [-0.3, -0.25) is 9.36 Å². The Morgan fingerprint density at radius 1 is 1.30 bits per heavy atom. The lowest BCUT2D eigenvalue weighted by Gasteiger charge is -2.14. The summed E-state index contributed by atoms with van der Waals surface area (Å²) in [6.07, 6.45) is -5.70. The molecule has 3 heterocycles. The Hall–Kier alpha value is -2.02. The third-order valence-electron chi connectivity index (χ3n) is 4.80. The summed E-state index contributed by atoms with van der Waals surface area (Å²) in [7, 11) is 0.971. The molecular weight excluding hydrogens is 491 g/mol. The maximum Gasteiger partial charge on any atom is 0.431 e. The molecule has 3 aromatic rings. The maximum atomic E-state index is 13.1. The number of halogens is 4. The van der Waals surface area contributed by atoms with Crippen molar-refractivity contribution in [2.75, 3.05) is 6.61 Å². The van der Waals surface area contributed by atoms with E-state index < -0.39 is 29.4 Å². The molecule has 4 rings (SSSR count). The zero-order valence-corrected chi connectivity index (χ0v) is 18.0. The van der Waals surface area contributed by atoms with E-state index in [0.29, 0.717) is 32.9 Å². The number of alkyl halides is 4. The molecule has 0 saturated carbocycles. The number of rotatable bonds is 3. The van der Waals surface area contributed by atoms with Gasteiger partial charge in [0.25, 0.3) is 5.56 Å². The Labute approximate surface area is 179 Å². The van der Waals surface area contributed by atoms with Gasteiger partial charge >= 0.3 is 11.9 Å². The van der Waals surface area contributed by atoms with Gasteiger partial charge in [-0.15, -0.1) is 0 Å². The van der Waals surface area contributed by atoms with Crippen LogP contribution in [0.25, 0.3) is 15.8 Å². The highest BCUT2D eigenvalue weighted by Crippen LogP contribution is 2.36. The molecule has 3 atom stereocenters. The minimum atomic E-state index is -4.82. The Morgan fingerprint density at radius 3 is 2.67 bits per heavy atom. The van der Waals surface area contributed by atoms with Crippen molar-refractivity contribution < 1.29 is 22.6 Å². The number of ether oxygens (including phenoxy) is 2. The number of hydrogen-bond acceptors (Lipinski definition) is 6. The fourth-order valence-corrected chi connectivity index (χ4v) is 4.24. The highest BCUT2D eigenvalue weighted by atomic mass is 79.9. The maximum absolute atomic E-state index is 13.1. The molecule has 0 aliphatic carbocycles. The first-order valence-corrected chi connectivity index (χ1v) is 10.5. The van der Waals surface area contributed by atoms with E-state index >= 15 is 0 Å². The Kier molecular flexibility index (Phi) is 5.37. The molecule has 160 valence electrons. The highest BCUT2D eigenvalue weighted by Gasteiger charge is 2.35. The summed E-state index contributed by atoms with van der Waals surface area (Å²) in [6, 6.07) is 5.07. The van der Waals surface area contributed by atoms with Crippen LogP contribution in [-0.2, 0) is 22.7 Å². The van der Waals surface area contributed by atoms with Crippen LogP contribution in [0, 0.1) is 0 Å². The molecule has 1 aliphatic rings. The average Bonchev–Trinajstić information content (AvgIpc) is 3.30. The van der Waals surface area contributed by atoms with E-state index in [1.165, 1.54) is 23.7 Å². The molecule has 12 heteroatoms. The van der Waals surface area contributed by atoms with Crippen LogP contribution in [0.3, 0.4) is 0 Å². The van der Waals surface area contributed by atoms with Gasteiger partial charge in [-0.05, 0) is 29.7 Å². The summed E-state index contributed by atoms with van der Waals surface area (Å²) < 4.78 is 57.0. The second-order valence-corrected chi connectivity index (χ2v) is 9.06. The lowest BCUT2D eigenvalue weighted by Crippen LogP contribution is -2.40. The minimum Gasteiger partial charge on any atom is -0.344 e. The zero-order chi connectivity index (χ0) is 21.8. The van der Waals surface area contributed by atoms with Crippen LogP contribution in [0.1, 0.15) is 24.6 Å². The molecule has 7 nitrogen and oxygen atoms in total. The van der Waals surface area contributed by atoms with Gasteiger partial charge in [-0.25, -0.2) is 9.36 Å². The van der Waals surface area contributed by atoms with Crippen LogP contribution in [0.5, 0.6) is 0 Å². The van der Waals surface area contributed by atoms with Crippen molar-refractivity contribution in [2.45, 2.75) is 30.3 Å². The Morgan fingerprint density at radius 2 is 2.03 bits per heavy atom. The molecular formula is C18H15BrF3N3O4S. The van der Waals surface area contributed by atoms with Crippen LogP contribution < -0.4 is 11.2 Å². The average molecular weight is 506 g/mol. The summed E-state index contributed by atoms with van der Waals surface area (Å²) in [5.41, 5.74) is -2.86. The van der Waals surface area contributed by atoms with Gasteiger partial charge in [-0.2, -0.15) is 17.5 Å². The second kappa shape index (κ2) is 7.59. The van der Waals surface area contributed by atoms with Gasteiger partial charge < -0.3 is 9.47 Å². The summed E-state index contributed by atoms with van der Waals surface area (Å²) >= 11 is 4.64. The molecule has 1 aromatic carbocycles. The number of aromatic nitrogens is 3. The van der Waals surface area contributed by atoms with E-state index in [4.69, 9.17) is 9.47 Å². The summed E-state index contributed by atoms with van der Waals surface area (Å²) in [5.74, 6) is 0. The summed E-state index contributed by atoms with van der Waals surface area (Å²) in [4.78, 5) is 25.0. The lowest BCUT2D eigenvalue weighted by molar-refractivity contribution is -0.144. The van der Waals surface area contributed by atoms with E-state index in [1.807, 2.05) is 6.92 Å². The summed E-state index contributed by atoms with van der Waals surface area (Å²) in [5, 5.41) is 0.597.